The lowest BCUT2D eigenvalue weighted by Gasteiger charge is -2.40. The maximum atomic E-state index is 11.6. The van der Waals surface area contributed by atoms with Crippen LogP contribution in [0.15, 0.2) is 0 Å². The van der Waals surface area contributed by atoms with Crippen molar-refractivity contribution in [3.63, 3.8) is 0 Å². The second-order valence-electron chi connectivity index (χ2n) is 6.47. The molecule has 3 nitrogen and oxygen atoms in total. The third kappa shape index (κ3) is 4.27. The zero-order valence-electron chi connectivity index (χ0n) is 12.1. The van der Waals surface area contributed by atoms with Crippen LogP contribution in [0.4, 0.5) is 0 Å². The molecule has 0 atom stereocenters. The molecule has 0 aromatic carbocycles. The average Bonchev–Trinajstić information content (AvgIpc) is 2.31. The second kappa shape index (κ2) is 6.55. The molecular weight excluding hydrogens is 228 g/mol. The molecule has 0 bridgehead atoms. The van der Waals surface area contributed by atoms with Gasteiger partial charge in [-0.2, -0.15) is 0 Å². The van der Waals surface area contributed by atoms with Gasteiger partial charge in [0.05, 0.1) is 5.41 Å². The molecule has 3 heteroatoms. The van der Waals surface area contributed by atoms with Crippen LogP contribution in [-0.4, -0.2) is 24.3 Å². The number of hydrogen-bond donors (Lipinski definition) is 1. The van der Waals surface area contributed by atoms with Crippen molar-refractivity contribution >= 4 is 5.97 Å². The minimum atomic E-state index is -0.628. The molecule has 0 heterocycles. The van der Waals surface area contributed by atoms with Crippen LogP contribution in [-0.2, 0) is 9.53 Å². The number of carboxylic acid groups (broad SMARTS) is 1. The van der Waals surface area contributed by atoms with Crippen LogP contribution in [0.3, 0.4) is 0 Å². The van der Waals surface area contributed by atoms with Gasteiger partial charge in [-0.25, -0.2) is 0 Å². The normalized spacial score (nSPS) is 21.7. The van der Waals surface area contributed by atoms with Crippen LogP contribution >= 0.6 is 0 Å². The number of hydrogen-bond acceptors (Lipinski definition) is 2. The Balaban J connectivity index is 2.43. The monoisotopic (exact) mass is 256 g/mol. The van der Waals surface area contributed by atoms with Crippen LogP contribution in [0.2, 0.25) is 0 Å². The Labute approximate surface area is 111 Å². The number of carboxylic acids is 1. The molecule has 1 aliphatic rings. The molecular formula is C15H28O3. The van der Waals surface area contributed by atoms with Gasteiger partial charge >= 0.3 is 5.97 Å². The van der Waals surface area contributed by atoms with E-state index in [2.05, 4.69) is 20.8 Å². The SMILES string of the molecule is CCCCOCCC1(C(=O)O)CCC(C)(C)CC1. The van der Waals surface area contributed by atoms with E-state index in [1.165, 1.54) is 0 Å². The lowest BCUT2D eigenvalue weighted by atomic mass is 9.64. The topological polar surface area (TPSA) is 46.5 Å². The molecule has 18 heavy (non-hydrogen) atoms. The largest absolute Gasteiger partial charge is 0.481 e. The summed E-state index contributed by atoms with van der Waals surface area (Å²) in [7, 11) is 0. The third-order valence-electron chi connectivity index (χ3n) is 4.38. The summed E-state index contributed by atoms with van der Waals surface area (Å²) in [5.74, 6) is -0.628. The summed E-state index contributed by atoms with van der Waals surface area (Å²) in [6.45, 7) is 7.95. The molecule has 0 aromatic heterocycles. The van der Waals surface area contributed by atoms with Crippen molar-refractivity contribution < 1.29 is 14.6 Å². The number of rotatable bonds is 7. The molecule has 1 aliphatic carbocycles. The minimum absolute atomic E-state index is 0.308. The predicted octanol–water partition coefficient (Wildman–Crippen LogP) is 3.86. The average molecular weight is 256 g/mol. The summed E-state index contributed by atoms with van der Waals surface area (Å²) in [5, 5.41) is 9.51. The van der Waals surface area contributed by atoms with Gasteiger partial charge in [0, 0.05) is 13.2 Å². The molecule has 0 saturated heterocycles. The highest BCUT2D eigenvalue weighted by Crippen LogP contribution is 2.47. The fourth-order valence-electron chi connectivity index (χ4n) is 2.59. The Bertz CT molecular complexity index is 261. The zero-order valence-corrected chi connectivity index (χ0v) is 12.1. The van der Waals surface area contributed by atoms with E-state index >= 15 is 0 Å². The van der Waals surface area contributed by atoms with Crippen molar-refractivity contribution in [2.45, 2.75) is 65.7 Å². The van der Waals surface area contributed by atoms with Crippen LogP contribution in [0.25, 0.3) is 0 Å². The smallest absolute Gasteiger partial charge is 0.309 e. The second-order valence-corrected chi connectivity index (χ2v) is 6.47. The van der Waals surface area contributed by atoms with Gasteiger partial charge in [-0.15, -0.1) is 0 Å². The lowest BCUT2D eigenvalue weighted by Crippen LogP contribution is -2.38. The number of aliphatic carboxylic acids is 1. The van der Waals surface area contributed by atoms with E-state index in [0.29, 0.717) is 18.4 Å². The number of unbranched alkanes of at least 4 members (excludes halogenated alkanes) is 1. The zero-order chi connectivity index (χ0) is 13.6. The van der Waals surface area contributed by atoms with Crippen molar-refractivity contribution in [3.8, 4) is 0 Å². The van der Waals surface area contributed by atoms with Gasteiger partial charge in [0.2, 0.25) is 0 Å². The van der Waals surface area contributed by atoms with Crippen LogP contribution in [0, 0.1) is 10.8 Å². The van der Waals surface area contributed by atoms with E-state index in [9.17, 15) is 9.90 Å². The first-order valence-electron chi connectivity index (χ1n) is 7.23. The van der Waals surface area contributed by atoms with Gasteiger partial charge in [-0.05, 0) is 43.9 Å². The molecule has 1 N–H and O–H groups in total. The molecule has 0 aliphatic heterocycles. The molecule has 0 amide bonds. The van der Waals surface area contributed by atoms with Crippen molar-refractivity contribution in [2.75, 3.05) is 13.2 Å². The van der Waals surface area contributed by atoms with Gasteiger partial charge in [0.15, 0.2) is 0 Å². The molecule has 0 spiro atoms. The fraction of sp³-hybridized carbons (Fsp3) is 0.933. The first-order valence-corrected chi connectivity index (χ1v) is 7.23. The van der Waals surface area contributed by atoms with Crippen molar-refractivity contribution in [1.29, 1.82) is 0 Å². The van der Waals surface area contributed by atoms with Crippen LogP contribution < -0.4 is 0 Å². The van der Waals surface area contributed by atoms with Crippen molar-refractivity contribution in [3.05, 3.63) is 0 Å². The summed E-state index contributed by atoms with van der Waals surface area (Å²) in [5.41, 5.74) is -0.218. The Kier molecular flexibility index (Phi) is 5.64. The number of carbonyl (C=O) groups is 1. The van der Waals surface area contributed by atoms with E-state index in [-0.39, 0.29) is 0 Å². The highest BCUT2D eigenvalue weighted by atomic mass is 16.5. The summed E-state index contributed by atoms with van der Waals surface area (Å²) in [6, 6.07) is 0. The van der Waals surface area contributed by atoms with E-state index in [1.54, 1.807) is 0 Å². The maximum Gasteiger partial charge on any atom is 0.309 e. The van der Waals surface area contributed by atoms with Gasteiger partial charge in [0.25, 0.3) is 0 Å². The fourth-order valence-corrected chi connectivity index (χ4v) is 2.59. The van der Waals surface area contributed by atoms with E-state index in [1.807, 2.05) is 0 Å². The molecule has 1 saturated carbocycles. The van der Waals surface area contributed by atoms with Gasteiger partial charge in [-0.3, -0.25) is 4.79 Å². The summed E-state index contributed by atoms with van der Waals surface area (Å²) in [6.07, 6.45) is 6.47. The Hall–Kier alpha value is -0.570. The maximum absolute atomic E-state index is 11.6. The van der Waals surface area contributed by atoms with Crippen LogP contribution in [0.5, 0.6) is 0 Å². The molecule has 106 valence electrons. The van der Waals surface area contributed by atoms with Gasteiger partial charge in [-0.1, -0.05) is 27.2 Å². The molecule has 0 radical (unpaired) electrons. The van der Waals surface area contributed by atoms with E-state index < -0.39 is 11.4 Å². The molecule has 1 fully saturated rings. The Morgan fingerprint density at radius 3 is 2.28 bits per heavy atom. The molecule has 1 rings (SSSR count). The summed E-state index contributed by atoms with van der Waals surface area (Å²) in [4.78, 5) is 11.6. The Morgan fingerprint density at radius 2 is 1.78 bits per heavy atom. The van der Waals surface area contributed by atoms with Gasteiger partial charge in [0.1, 0.15) is 0 Å². The standard InChI is InChI=1S/C15H28O3/c1-4-5-11-18-12-10-15(13(16)17)8-6-14(2,3)7-9-15/h4-12H2,1-3H3,(H,16,17). The van der Waals surface area contributed by atoms with Crippen LogP contribution in [0.1, 0.15) is 65.7 Å². The lowest BCUT2D eigenvalue weighted by molar-refractivity contribution is -0.154. The third-order valence-corrected chi connectivity index (χ3v) is 4.38. The van der Waals surface area contributed by atoms with Gasteiger partial charge < -0.3 is 9.84 Å². The van der Waals surface area contributed by atoms with Crippen molar-refractivity contribution in [2.24, 2.45) is 10.8 Å². The quantitative estimate of drug-likeness (QED) is 0.703. The minimum Gasteiger partial charge on any atom is -0.481 e. The number of ether oxygens (including phenoxy) is 1. The summed E-state index contributed by atoms with van der Waals surface area (Å²) >= 11 is 0. The first-order chi connectivity index (χ1) is 8.42. The highest BCUT2D eigenvalue weighted by Gasteiger charge is 2.43. The molecule has 0 aromatic rings. The Morgan fingerprint density at radius 1 is 1.17 bits per heavy atom. The summed E-state index contributed by atoms with van der Waals surface area (Å²) < 4.78 is 5.54. The van der Waals surface area contributed by atoms with E-state index in [4.69, 9.17) is 4.74 Å². The predicted molar refractivity (Wildman–Crippen MR) is 72.7 cm³/mol. The van der Waals surface area contributed by atoms with E-state index in [0.717, 1.165) is 45.1 Å². The van der Waals surface area contributed by atoms with Crippen molar-refractivity contribution in [1.82, 2.24) is 0 Å². The highest BCUT2D eigenvalue weighted by molar-refractivity contribution is 5.74. The molecule has 0 unspecified atom stereocenters. The first kappa shape index (κ1) is 15.5.